The van der Waals surface area contributed by atoms with E-state index in [1.807, 2.05) is 48.5 Å². The lowest BCUT2D eigenvalue weighted by Crippen LogP contribution is -2.14. The smallest absolute Gasteiger partial charge is 0.230 e. The molecule has 0 saturated heterocycles. The van der Waals surface area contributed by atoms with E-state index in [4.69, 9.17) is 4.74 Å². The van der Waals surface area contributed by atoms with Crippen LogP contribution in [-0.2, 0) is 11.2 Å². The first-order valence-electron chi connectivity index (χ1n) is 8.33. The Bertz CT molecular complexity index is 1100. The van der Waals surface area contributed by atoms with Crippen molar-refractivity contribution < 1.29 is 13.9 Å². The SMILES string of the molecule is O=C(Cc1cccc(F)c1)Nc1nc2ccc(Oc3ccccc3)cc2s1. The van der Waals surface area contributed by atoms with Gasteiger partial charge in [-0.05, 0) is 42.0 Å². The number of carbonyl (C=O) groups excluding carboxylic acids is 1. The molecule has 0 atom stereocenters. The summed E-state index contributed by atoms with van der Waals surface area (Å²) in [6, 6.07) is 21.1. The van der Waals surface area contributed by atoms with E-state index in [-0.39, 0.29) is 18.1 Å². The number of hydrogen-bond donors (Lipinski definition) is 1. The summed E-state index contributed by atoms with van der Waals surface area (Å²) in [7, 11) is 0. The number of fused-ring (bicyclic) bond motifs is 1. The van der Waals surface area contributed by atoms with E-state index in [1.165, 1.54) is 23.5 Å². The van der Waals surface area contributed by atoms with Crippen LogP contribution in [0.4, 0.5) is 9.52 Å². The number of ether oxygens (including phenoxy) is 1. The van der Waals surface area contributed by atoms with E-state index in [0.717, 1.165) is 16.0 Å². The van der Waals surface area contributed by atoms with Gasteiger partial charge in [0.2, 0.25) is 5.91 Å². The quantitative estimate of drug-likeness (QED) is 0.505. The summed E-state index contributed by atoms with van der Waals surface area (Å²) < 4.78 is 20.0. The Morgan fingerprint density at radius 2 is 1.85 bits per heavy atom. The van der Waals surface area contributed by atoms with Gasteiger partial charge in [-0.2, -0.15) is 0 Å². The molecule has 0 saturated carbocycles. The predicted molar refractivity (Wildman–Crippen MR) is 105 cm³/mol. The lowest BCUT2D eigenvalue weighted by Gasteiger charge is -2.04. The molecule has 4 rings (SSSR count). The Morgan fingerprint density at radius 3 is 2.67 bits per heavy atom. The molecule has 4 aromatic rings. The first kappa shape index (κ1) is 17.2. The zero-order valence-corrected chi connectivity index (χ0v) is 15.0. The summed E-state index contributed by atoms with van der Waals surface area (Å²) >= 11 is 1.37. The maximum Gasteiger partial charge on any atom is 0.230 e. The Hall–Kier alpha value is -3.25. The van der Waals surface area contributed by atoms with Crippen molar-refractivity contribution >= 4 is 32.6 Å². The van der Waals surface area contributed by atoms with E-state index >= 15 is 0 Å². The van der Waals surface area contributed by atoms with Gasteiger partial charge in [-0.3, -0.25) is 4.79 Å². The minimum absolute atomic E-state index is 0.0933. The van der Waals surface area contributed by atoms with Gasteiger partial charge >= 0.3 is 0 Å². The normalized spacial score (nSPS) is 10.7. The van der Waals surface area contributed by atoms with Gasteiger partial charge in [0, 0.05) is 6.07 Å². The van der Waals surface area contributed by atoms with Crippen LogP contribution in [0.2, 0.25) is 0 Å². The molecule has 0 aliphatic carbocycles. The number of halogens is 1. The number of hydrogen-bond acceptors (Lipinski definition) is 4. The van der Waals surface area contributed by atoms with Gasteiger partial charge in [0.05, 0.1) is 16.6 Å². The van der Waals surface area contributed by atoms with Crippen LogP contribution in [0.3, 0.4) is 0 Å². The number of amides is 1. The van der Waals surface area contributed by atoms with E-state index < -0.39 is 0 Å². The third-order valence-corrected chi connectivity index (χ3v) is 4.77. The van der Waals surface area contributed by atoms with Crippen LogP contribution in [0.25, 0.3) is 10.2 Å². The maximum absolute atomic E-state index is 13.2. The molecule has 0 fully saturated rings. The third-order valence-electron chi connectivity index (χ3n) is 3.84. The average Bonchev–Trinajstić information content (AvgIpc) is 3.04. The summed E-state index contributed by atoms with van der Waals surface area (Å²) in [5.74, 6) is 0.867. The molecule has 0 bridgehead atoms. The Kier molecular flexibility index (Phi) is 4.80. The molecule has 1 aromatic heterocycles. The Labute approximate surface area is 159 Å². The standard InChI is InChI=1S/C21H15FN2O2S/c22-15-6-4-5-14(11-15)12-20(25)24-21-23-18-10-9-17(13-19(18)27-21)26-16-7-2-1-3-8-16/h1-11,13H,12H2,(H,23,24,25). The van der Waals surface area contributed by atoms with E-state index in [1.54, 1.807) is 12.1 Å². The van der Waals surface area contributed by atoms with Crippen LogP contribution in [0.15, 0.2) is 72.8 Å². The van der Waals surface area contributed by atoms with E-state index in [0.29, 0.717) is 16.4 Å². The second-order valence-corrected chi connectivity index (χ2v) is 6.95. The van der Waals surface area contributed by atoms with Crippen molar-refractivity contribution in [1.82, 2.24) is 4.98 Å². The number of anilines is 1. The van der Waals surface area contributed by atoms with Crippen LogP contribution < -0.4 is 10.1 Å². The maximum atomic E-state index is 13.2. The van der Waals surface area contributed by atoms with Gasteiger partial charge in [0.15, 0.2) is 5.13 Å². The number of rotatable bonds is 5. The van der Waals surface area contributed by atoms with Crippen LogP contribution in [-0.4, -0.2) is 10.9 Å². The third kappa shape index (κ3) is 4.30. The highest BCUT2D eigenvalue weighted by molar-refractivity contribution is 7.22. The molecule has 0 aliphatic rings. The molecule has 27 heavy (non-hydrogen) atoms. The number of nitrogens with zero attached hydrogens (tertiary/aromatic N) is 1. The number of carbonyl (C=O) groups is 1. The highest BCUT2D eigenvalue weighted by Crippen LogP contribution is 2.31. The molecule has 1 amide bonds. The fourth-order valence-electron chi connectivity index (χ4n) is 2.64. The molecule has 0 unspecified atom stereocenters. The van der Waals surface area contributed by atoms with Gasteiger partial charge in [0.25, 0.3) is 0 Å². The lowest BCUT2D eigenvalue weighted by atomic mass is 10.1. The average molecular weight is 378 g/mol. The van der Waals surface area contributed by atoms with Crippen molar-refractivity contribution in [2.24, 2.45) is 0 Å². The lowest BCUT2D eigenvalue weighted by molar-refractivity contribution is -0.115. The van der Waals surface area contributed by atoms with Gasteiger partial charge in [0.1, 0.15) is 17.3 Å². The van der Waals surface area contributed by atoms with Crippen LogP contribution in [0.5, 0.6) is 11.5 Å². The number of nitrogens with one attached hydrogen (secondary N) is 1. The fourth-order valence-corrected chi connectivity index (χ4v) is 3.55. The summed E-state index contributed by atoms with van der Waals surface area (Å²) in [6.45, 7) is 0. The van der Waals surface area contributed by atoms with E-state index in [2.05, 4.69) is 10.3 Å². The van der Waals surface area contributed by atoms with Gasteiger partial charge in [-0.15, -0.1) is 0 Å². The number of aromatic nitrogens is 1. The van der Waals surface area contributed by atoms with Crippen molar-refractivity contribution in [1.29, 1.82) is 0 Å². The van der Waals surface area contributed by atoms with Crippen molar-refractivity contribution in [3.63, 3.8) is 0 Å². The minimum Gasteiger partial charge on any atom is -0.457 e. The largest absolute Gasteiger partial charge is 0.457 e. The van der Waals surface area contributed by atoms with Gasteiger partial charge in [-0.25, -0.2) is 9.37 Å². The predicted octanol–water partition coefficient (Wildman–Crippen LogP) is 5.41. The zero-order chi connectivity index (χ0) is 18.6. The number of benzene rings is 3. The molecule has 0 radical (unpaired) electrons. The molecule has 0 spiro atoms. The highest BCUT2D eigenvalue weighted by atomic mass is 32.1. The van der Waals surface area contributed by atoms with Gasteiger partial charge in [-0.1, -0.05) is 41.7 Å². The summed E-state index contributed by atoms with van der Waals surface area (Å²) in [5, 5.41) is 3.28. The topological polar surface area (TPSA) is 51.2 Å². The summed E-state index contributed by atoms with van der Waals surface area (Å²) in [4.78, 5) is 16.6. The van der Waals surface area contributed by atoms with Gasteiger partial charge < -0.3 is 10.1 Å². The Morgan fingerprint density at radius 1 is 1.00 bits per heavy atom. The molecular weight excluding hydrogens is 363 g/mol. The fraction of sp³-hybridized carbons (Fsp3) is 0.0476. The Balaban J connectivity index is 1.47. The molecule has 4 nitrogen and oxygen atoms in total. The molecule has 1 N–H and O–H groups in total. The molecule has 134 valence electrons. The van der Waals surface area contributed by atoms with Crippen molar-refractivity contribution in [3.8, 4) is 11.5 Å². The van der Waals surface area contributed by atoms with Crippen LogP contribution in [0.1, 0.15) is 5.56 Å². The highest BCUT2D eigenvalue weighted by Gasteiger charge is 2.10. The van der Waals surface area contributed by atoms with Crippen molar-refractivity contribution in [2.45, 2.75) is 6.42 Å². The minimum atomic E-state index is -0.355. The molecular formula is C21H15FN2O2S. The second kappa shape index (κ2) is 7.55. The van der Waals surface area contributed by atoms with Crippen molar-refractivity contribution in [3.05, 3.63) is 84.2 Å². The molecule has 1 heterocycles. The summed E-state index contributed by atoms with van der Waals surface area (Å²) in [6.07, 6.45) is 0.0933. The molecule has 0 aliphatic heterocycles. The summed E-state index contributed by atoms with van der Waals surface area (Å²) in [5.41, 5.74) is 1.40. The molecule has 3 aromatic carbocycles. The van der Waals surface area contributed by atoms with Crippen LogP contribution >= 0.6 is 11.3 Å². The molecule has 6 heteroatoms. The second-order valence-electron chi connectivity index (χ2n) is 5.92. The first-order chi connectivity index (χ1) is 13.2. The number of para-hydroxylation sites is 1. The van der Waals surface area contributed by atoms with E-state index in [9.17, 15) is 9.18 Å². The first-order valence-corrected chi connectivity index (χ1v) is 9.15. The van der Waals surface area contributed by atoms with Crippen molar-refractivity contribution in [2.75, 3.05) is 5.32 Å². The number of thiazole rings is 1. The zero-order valence-electron chi connectivity index (χ0n) is 14.2. The monoisotopic (exact) mass is 378 g/mol. The van der Waals surface area contributed by atoms with Crippen LogP contribution in [0, 0.1) is 5.82 Å².